The maximum Gasteiger partial charge on any atom is 0.117 e. The van der Waals surface area contributed by atoms with E-state index in [1.165, 1.54) is 18.4 Å². The lowest BCUT2D eigenvalue weighted by Crippen LogP contribution is -2.27. The Balaban J connectivity index is 2.08. The van der Waals surface area contributed by atoms with E-state index in [1.807, 2.05) is 0 Å². The molecule has 0 saturated heterocycles. The molecular formula is C19H27NO. The predicted octanol–water partition coefficient (Wildman–Crippen LogP) is 5.11. The summed E-state index contributed by atoms with van der Waals surface area (Å²) < 4.78 is 5.80. The van der Waals surface area contributed by atoms with Crippen molar-refractivity contribution in [1.82, 2.24) is 5.32 Å². The van der Waals surface area contributed by atoms with Gasteiger partial charge in [0.25, 0.3) is 0 Å². The Hall–Kier alpha value is -1.54. The van der Waals surface area contributed by atoms with Crippen LogP contribution in [0.5, 0.6) is 0 Å². The summed E-state index contributed by atoms with van der Waals surface area (Å²) >= 11 is 0. The summed E-state index contributed by atoms with van der Waals surface area (Å²) in [5.41, 5.74) is 1.37. The fourth-order valence-electron chi connectivity index (χ4n) is 2.90. The second kappa shape index (κ2) is 8.04. The molecule has 0 fully saturated rings. The first-order valence-electron chi connectivity index (χ1n) is 8.14. The summed E-state index contributed by atoms with van der Waals surface area (Å²) in [4.78, 5) is 0. The molecule has 0 bridgehead atoms. The third-order valence-corrected chi connectivity index (χ3v) is 4.24. The highest BCUT2D eigenvalue weighted by molar-refractivity contribution is 5.20. The molecule has 0 saturated carbocycles. The van der Waals surface area contributed by atoms with Gasteiger partial charge in [-0.3, -0.25) is 0 Å². The zero-order chi connectivity index (χ0) is 15.1. The lowest BCUT2D eigenvalue weighted by Gasteiger charge is -2.26. The normalized spacial score (nSPS) is 12.8. The molecule has 0 aliphatic heterocycles. The van der Waals surface area contributed by atoms with Gasteiger partial charge in [-0.15, -0.1) is 0 Å². The van der Waals surface area contributed by atoms with Crippen LogP contribution < -0.4 is 5.32 Å². The largest absolute Gasteiger partial charge is 0.465 e. The topological polar surface area (TPSA) is 25.2 Å². The lowest BCUT2D eigenvalue weighted by molar-refractivity contribution is 0.325. The van der Waals surface area contributed by atoms with Gasteiger partial charge in [0.05, 0.1) is 6.54 Å². The van der Waals surface area contributed by atoms with Crippen LogP contribution in [0.2, 0.25) is 0 Å². The van der Waals surface area contributed by atoms with Crippen LogP contribution in [-0.4, -0.2) is 0 Å². The van der Waals surface area contributed by atoms with Gasteiger partial charge in [-0.25, -0.2) is 0 Å². The highest BCUT2D eigenvalue weighted by Crippen LogP contribution is 2.27. The Bertz CT molecular complexity index is 513. The fraction of sp³-hybridized carbons (Fsp3) is 0.474. The van der Waals surface area contributed by atoms with Crippen molar-refractivity contribution in [3.63, 3.8) is 0 Å². The average Bonchev–Trinajstić information content (AvgIpc) is 3.00. The van der Waals surface area contributed by atoms with Crippen LogP contribution in [0.3, 0.4) is 0 Å². The van der Waals surface area contributed by atoms with E-state index in [0.717, 1.165) is 24.5 Å². The fourth-order valence-corrected chi connectivity index (χ4v) is 2.90. The van der Waals surface area contributed by atoms with Crippen LogP contribution in [0.15, 0.2) is 46.9 Å². The zero-order valence-electron chi connectivity index (χ0n) is 13.4. The van der Waals surface area contributed by atoms with Crippen LogP contribution >= 0.6 is 0 Å². The molecule has 2 rings (SSSR count). The quantitative estimate of drug-likeness (QED) is 0.729. The molecule has 0 radical (unpaired) electrons. The van der Waals surface area contributed by atoms with Crippen molar-refractivity contribution in [1.29, 1.82) is 0 Å². The number of benzene rings is 1. The van der Waals surface area contributed by atoms with E-state index in [-0.39, 0.29) is 0 Å². The summed E-state index contributed by atoms with van der Waals surface area (Å²) in [7, 11) is 0. The van der Waals surface area contributed by atoms with Gasteiger partial charge in [-0.1, -0.05) is 63.9 Å². The number of aryl methyl sites for hydroxylation is 1. The van der Waals surface area contributed by atoms with E-state index >= 15 is 0 Å². The maximum atomic E-state index is 5.80. The molecule has 114 valence electrons. The molecule has 0 aliphatic carbocycles. The van der Waals surface area contributed by atoms with E-state index in [4.69, 9.17) is 4.42 Å². The molecule has 2 nitrogen and oxygen atoms in total. The summed E-state index contributed by atoms with van der Waals surface area (Å²) in [6.45, 7) is 7.45. The van der Waals surface area contributed by atoms with E-state index < -0.39 is 0 Å². The van der Waals surface area contributed by atoms with Crippen molar-refractivity contribution in [3.05, 3.63) is 59.5 Å². The van der Waals surface area contributed by atoms with Crippen molar-refractivity contribution >= 4 is 0 Å². The molecule has 2 heteroatoms. The van der Waals surface area contributed by atoms with Gasteiger partial charge in [0.2, 0.25) is 0 Å². The van der Waals surface area contributed by atoms with E-state index in [0.29, 0.717) is 12.0 Å². The van der Waals surface area contributed by atoms with Crippen molar-refractivity contribution in [2.75, 3.05) is 0 Å². The molecular weight excluding hydrogens is 258 g/mol. The highest BCUT2D eigenvalue weighted by Gasteiger charge is 2.20. The van der Waals surface area contributed by atoms with Crippen molar-refractivity contribution in [3.8, 4) is 0 Å². The lowest BCUT2D eigenvalue weighted by atomic mass is 9.89. The van der Waals surface area contributed by atoms with Crippen LogP contribution in [0, 0.1) is 5.92 Å². The molecule has 0 spiro atoms. The molecule has 1 unspecified atom stereocenters. The smallest absolute Gasteiger partial charge is 0.117 e. The molecule has 2 aromatic rings. The van der Waals surface area contributed by atoms with Crippen LogP contribution in [0.4, 0.5) is 0 Å². The number of furan rings is 1. The van der Waals surface area contributed by atoms with Crippen LogP contribution in [0.25, 0.3) is 0 Å². The standard InChI is InChI=1S/C19H27NO/c1-4-15(5-2)19(16-10-8-7-9-11-16)20-14-18-13-12-17(6-3)21-18/h7-13,15,19-20H,4-6,14H2,1-3H3. The third kappa shape index (κ3) is 4.21. The Morgan fingerprint density at radius 2 is 1.57 bits per heavy atom. The molecule has 0 amide bonds. The first-order chi connectivity index (χ1) is 10.3. The molecule has 1 aromatic heterocycles. The summed E-state index contributed by atoms with van der Waals surface area (Å²) in [5.74, 6) is 2.73. The third-order valence-electron chi connectivity index (χ3n) is 4.24. The second-order valence-corrected chi connectivity index (χ2v) is 5.57. The number of hydrogen-bond donors (Lipinski definition) is 1. The van der Waals surface area contributed by atoms with Crippen molar-refractivity contribution in [2.45, 2.75) is 52.6 Å². The monoisotopic (exact) mass is 285 g/mol. The van der Waals surface area contributed by atoms with Gasteiger partial charge in [0.15, 0.2) is 0 Å². The first kappa shape index (κ1) is 15.8. The van der Waals surface area contributed by atoms with Crippen molar-refractivity contribution < 1.29 is 4.42 Å². The minimum Gasteiger partial charge on any atom is -0.465 e. The van der Waals surface area contributed by atoms with Gasteiger partial charge in [-0.2, -0.15) is 0 Å². The maximum absolute atomic E-state index is 5.80. The summed E-state index contributed by atoms with van der Waals surface area (Å²) in [6, 6.07) is 15.3. The molecule has 1 atom stereocenters. The van der Waals surface area contributed by atoms with Crippen LogP contribution in [0.1, 0.15) is 56.7 Å². The second-order valence-electron chi connectivity index (χ2n) is 5.57. The minimum absolute atomic E-state index is 0.386. The predicted molar refractivity (Wildman–Crippen MR) is 88.2 cm³/mol. The Kier molecular flexibility index (Phi) is 6.06. The Morgan fingerprint density at radius 3 is 2.14 bits per heavy atom. The zero-order valence-corrected chi connectivity index (χ0v) is 13.4. The van der Waals surface area contributed by atoms with Gasteiger partial charge in [-0.05, 0) is 23.6 Å². The van der Waals surface area contributed by atoms with E-state index in [9.17, 15) is 0 Å². The average molecular weight is 285 g/mol. The van der Waals surface area contributed by atoms with Gasteiger partial charge < -0.3 is 9.73 Å². The highest BCUT2D eigenvalue weighted by atomic mass is 16.3. The van der Waals surface area contributed by atoms with Crippen molar-refractivity contribution in [2.24, 2.45) is 5.92 Å². The SMILES string of the molecule is CCc1ccc(CNC(c2ccccc2)C(CC)CC)o1. The van der Waals surface area contributed by atoms with Gasteiger partial charge >= 0.3 is 0 Å². The Morgan fingerprint density at radius 1 is 0.905 bits per heavy atom. The number of hydrogen-bond acceptors (Lipinski definition) is 2. The molecule has 0 aliphatic rings. The van der Waals surface area contributed by atoms with E-state index in [1.54, 1.807) is 0 Å². The molecule has 21 heavy (non-hydrogen) atoms. The number of nitrogens with one attached hydrogen (secondary N) is 1. The van der Waals surface area contributed by atoms with Gasteiger partial charge in [0.1, 0.15) is 11.5 Å². The summed E-state index contributed by atoms with van der Waals surface area (Å²) in [5, 5.41) is 3.70. The first-order valence-corrected chi connectivity index (χ1v) is 8.14. The summed E-state index contributed by atoms with van der Waals surface area (Å²) in [6.07, 6.45) is 3.32. The van der Waals surface area contributed by atoms with Crippen LogP contribution in [-0.2, 0) is 13.0 Å². The van der Waals surface area contributed by atoms with Gasteiger partial charge in [0, 0.05) is 12.5 Å². The molecule has 1 aromatic carbocycles. The Labute approximate surface area is 128 Å². The minimum atomic E-state index is 0.386. The molecule has 1 heterocycles. The molecule has 1 N–H and O–H groups in total. The number of rotatable bonds is 8. The van der Waals surface area contributed by atoms with E-state index in [2.05, 4.69) is 68.6 Å².